The number of amides is 1. The molecule has 0 fully saturated rings. The van der Waals surface area contributed by atoms with E-state index in [2.05, 4.69) is 20.5 Å². The number of carbonyl (C=O) groups excluding carboxylic acids is 2. The average Bonchev–Trinajstić information content (AvgIpc) is 2.82. The summed E-state index contributed by atoms with van der Waals surface area (Å²) in [4.78, 5) is 33.3. The number of hydrogen-bond acceptors (Lipinski definition) is 9. The van der Waals surface area contributed by atoms with Gasteiger partial charge in [0.2, 0.25) is 0 Å². The number of hydrazone groups is 1. The molecule has 0 aliphatic rings. The summed E-state index contributed by atoms with van der Waals surface area (Å²) in [6.45, 7) is 9.13. The zero-order chi connectivity index (χ0) is 27.0. The molecule has 10 heteroatoms. The van der Waals surface area contributed by atoms with E-state index in [0.29, 0.717) is 22.6 Å². The maximum absolute atomic E-state index is 12.5. The van der Waals surface area contributed by atoms with Crippen molar-refractivity contribution >= 4 is 30.0 Å². The highest BCUT2D eigenvalue weighted by molar-refractivity contribution is 7.98. The monoisotopic (exact) mass is 522 g/mol. The molecular formula is C27H30N4O5S. The van der Waals surface area contributed by atoms with Gasteiger partial charge in [0.05, 0.1) is 13.3 Å². The van der Waals surface area contributed by atoms with Gasteiger partial charge in [-0.05, 0) is 82.1 Å². The van der Waals surface area contributed by atoms with Crippen molar-refractivity contribution in [3.63, 3.8) is 0 Å². The quantitative estimate of drug-likeness (QED) is 0.103. The van der Waals surface area contributed by atoms with Gasteiger partial charge in [-0.25, -0.2) is 20.2 Å². The first-order valence-corrected chi connectivity index (χ1v) is 12.5. The molecule has 0 aliphatic heterocycles. The Morgan fingerprint density at radius 1 is 1.00 bits per heavy atom. The number of aromatic nitrogens is 2. The van der Waals surface area contributed by atoms with Crippen LogP contribution in [0, 0.1) is 13.8 Å². The van der Waals surface area contributed by atoms with Gasteiger partial charge in [0.1, 0.15) is 5.60 Å². The summed E-state index contributed by atoms with van der Waals surface area (Å²) in [6, 6.07) is 14.1. The van der Waals surface area contributed by atoms with Gasteiger partial charge in [0.15, 0.2) is 16.7 Å². The Bertz CT molecular complexity index is 1270. The van der Waals surface area contributed by atoms with E-state index in [-0.39, 0.29) is 11.7 Å². The molecule has 0 bridgehead atoms. The number of thioether (sulfide) groups is 1. The Balaban J connectivity index is 1.55. The lowest BCUT2D eigenvalue weighted by Gasteiger charge is -2.19. The van der Waals surface area contributed by atoms with Gasteiger partial charge in [-0.15, -0.1) is 0 Å². The SMILES string of the molecule is COc1cc(C=NNC(=O)c2ccc(CSc3nc(C)cc(C)n3)cc2)ccc1OC(=O)OC(C)(C)C. The first-order chi connectivity index (χ1) is 17.5. The number of benzene rings is 2. The van der Waals surface area contributed by atoms with Crippen LogP contribution in [-0.4, -0.2) is 41.0 Å². The molecular weight excluding hydrogens is 492 g/mol. The molecule has 0 saturated heterocycles. The van der Waals surface area contributed by atoms with Crippen molar-refractivity contribution in [3.8, 4) is 11.5 Å². The predicted octanol–water partition coefficient (Wildman–Crippen LogP) is 5.47. The van der Waals surface area contributed by atoms with E-state index in [9.17, 15) is 9.59 Å². The minimum absolute atomic E-state index is 0.209. The molecule has 0 radical (unpaired) electrons. The summed E-state index contributed by atoms with van der Waals surface area (Å²) >= 11 is 1.55. The Kier molecular flexibility index (Phi) is 9.24. The number of carbonyl (C=O) groups is 2. The van der Waals surface area contributed by atoms with Crippen molar-refractivity contribution in [1.29, 1.82) is 0 Å². The van der Waals surface area contributed by atoms with Gasteiger partial charge in [-0.1, -0.05) is 23.9 Å². The molecule has 9 nitrogen and oxygen atoms in total. The molecule has 3 aromatic rings. The normalized spacial score (nSPS) is 11.3. The molecule has 1 amide bonds. The summed E-state index contributed by atoms with van der Waals surface area (Å²) in [5, 5.41) is 4.75. The van der Waals surface area contributed by atoms with Crippen LogP contribution in [0.25, 0.3) is 0 Å². The lowest BCUT2D eigenvalue weighted by molar-refractivity contribution is 0.0201. The molecule has 0 atom stereocenters. The highest BCUT2D eigenvalue weighted by Crippen LogP contribution is 2.28. The first-order valence-electron chi connectivity index (χ1n) is 11.5. The molecule has 0 aliphatic carbocycles. The van der Waals surface area contributed by atoms with Crippen LogP contribution in [0.2, 0.25) is 0 Å². The zero-order valence-corrected chi connectivity index (χ0v) is 22.5. The highest BCUT2D eigenvalue weighted by atomic mass is 32.2. The van der Waals surface area contributed by atoms with Crippen molar-refractivity contribution in [2.24, 2.45) is 5.10 Å². The minimum Gasteiger partial charge on any atom is -0.493 e. The summed E-state index contributed by atoms with van der Waals surface area (Å²) in [5.74, 6) is 0.879. The van der Waals surface area contributed by atoms with Crippen LogP contribution >= 0.6 is 11.8 Å². The van der Waals surface area contributed by atoms with Crippen LogP contribution in [0.3, 0.4) is 0 Å². The lowest BCUT2D eigenvalue weighted by Crippen LogP contribution is -2.26. The van der Waals surface area contributed by atoms with Crippen molar-refractivity contribution in [1.82, 2.24) is 15.4 Å². The van der Waals surface area contributed by atoms with Gasteiger partial charge in [-0.2, -0.15) is 5.10 Å². The standard InChI is InChI=1S/C27H30N4O5S/c1-17-13-18(2)30-25(29-17)37-16-19-7-10-21(11-8-19)24(32)31-28-15-20-9-12-22(23(14-20)34-6)35-26(33)36-27(3,4)5/h7-15H,16H2,1-6H3,(H,31,32). The summed E-state index contributed by atoms with van der Waals surface area (Å²) in [5.41, 5.74) is 5.86. The first kappa shape index (κ1) is 27.7. The van der Waals surface area contributed by atoms with Crippen LogP contribution in [0.4, 0.5) is 4.79 Å². The van der Waals surface area contributed by atoms with Crippen LogP contribution < -0.4 is 14.9 Å². The Labute approximate surface area is 220 Å². The summed E-state index contributed by atoms with van der Waals surface area (Å²) in [7, 11) is 1.46. The third-order valence-corrected chi connectivity index (χ3v) is 5.61. The van der Waals surface area contributed by atoms with E-state index in [1.807, 2.05) is 32.0 Å². The van der Waals surface area contributed by atoms with E-state index in [4.69, 9.17) is 14.2 Å². The maximum atomic E-state index is 12.5. The zero-order valence-electron chi connectivity index (χ0n) is 21.7. The third-order valence-electron chi connectivity index (χ3n) is 4.70. The molecule has 2 aromatic carbocycles. The number of nitrogens with zero attached hydrogens (tertiary/aromatic N) is 3. The largest absolute Gasteiger partial charge is 0.514 e. The lowest BCUT2D eigenvalue weighted by atomic mass is 10.1. The number of aryl methyl sites for hydroxylation is 2. The van der Waals surface area contributed by atoms with E-state index < -0.39 is 11.8 Å². The second-order valence-corrected chi connectivity index (χ2v) is 10.0. The molecule has 1 N–H and O–H groups in total. The smallest absolute Gasteiger partial charge is 0.493 e. The third kappa shape index (κ3) is 8.91. The topological polar surface area (TPSA) is 112 Å². The molecule has 3 rings (SSSR count). The molecule has 1 aromatic heterocycles. The number of rotatable bonds is 8. The van der Waals surface area contributed by atoms with E-state index in [0.717, 1.165) is 22.1 Å². The van der Waals surface area contributed by atoms with Crippen molar-refractivity contribution in [3.05, 3.63) is 76.6 Å². The maximum Gasteiger partial charge on any atom is 0.514 e. The van der Waals surface area contributed by atoms with Gasteiger partial charge in [0.25, 0.3) is 5.91 Å². The van der Waals surface area contributed by atoms with Crippen molar-refractivity contribution < 1.29 is 23.8 Å². The number of ether oxygens (including phenoxy) is 3. The fourth-order valence-corrected chi connectivity index (χ4v) is 4.00. The molecule has 0 saturated carbocycles. The van der Waals surface area contributed by atoms with Crippen LogP contribution in [0.15, 0.2) is 58.8 Å². The Morgan fingerprint density at radius 2 is 1.68 bits per heavy atom. The van der Waals surface area contributed by atoms with Crippen molar-refractivity contribution in [2.45, 2.75) is 51.1 Å². The summed E-state index contributed by atoms with van der Waals surface area (Å²) in [6.07, 6.45) is 0.634. The highest BCUT2D eigenvalue weighted by Gasteiger charge is 2.19. The Hall–Kier alpha value is -3.92. The van der Waals surface area contributed by atoms with Crippen LogP contribution in [0.1, 0.15) is 53.6 Å². The van der Waals surface area contributed by atoms with E-state index in [1.54, 1.807) is 62.9 Å². The molecule has 0 spiro atoms. The average molecular weight is 523 g/mol. The molecule has 194 valence electrons. The fourth-order valence-electron chi connectivity index (χ4n) is 3.10. The number of methoxy groups -OCH3 is 1. The number of hydrogen-bond donors (Lipinski definition) is 1. The second-order valence-electron chi connectivity index (χ2n) is 9.09. The molecule has 37 heavy (non-hydrogen) atoms. The molecule has 1 heterocycles. The molecule has 0 unspecified atom stereocenters. The van der Waals surface area contributed by atoms with Gasteiger partial charge < -0.3 is 14.2 Å². The van der Waals surface area contributed by atoms with E-state index in [1.165, 1.54) is 13.3 Å². The fraction of sp³-hybridized carbons (Fsp3) is 0.296. The van der Waals surface area contributed by atoms with Gasteiger partial charge >= 0.3 is 6.16 Å². The van der Waals surface area contributed by atoms with Crippen LogP contribution in [-0.2, 0) is 10.5 Å². The summed E-state index contributed by atoms with van der Waals surface area (Å²) < 4.78 is 15.7. The Morgan fingerprint density at radius 3 is 2.30 bits per heavy atom. The number of nitrogens with one attached hydrogen (secondary N) is 1. The van der Waals surface area contributed by atoms with Crippen molar-refractivity contribution in [2.75, 3.05) is 7.11 Å². The minimum atomic E-state index is -0.831. The van der Waals surface area contributed by atoms with Gasteiger partial charge in [-0.3, -0.25) is 4.79 Å². The van der Waals surface area contributed by atoms with Gasteiger partial charge in [0, 0.05) is 22.7 Å². The second kappa shape index (κ2) is 12.4. The van der Waals surface area contributed by atoms with E-state index >= 15 is 0 Å². The predicted molar refractivity (Wildman–Crippen MR) is 142 cm³/mol. The van der Waals surface area contributed by atoms with Crippen LogP contribution in [0.5, 0.6) is 11.5 Å².